The third kappa shape index (κ3) is 4.02. The highest BCUT2D eigenvalue weighted by atomic mass is 32.2. The van der Waals surface area contributed by atoms with E-state index in [-0.39, 0.29) is 6.04 Å². The molecule has 0 amide bonds. The third-order valence-corrected chi connectivity index (χ3v) is 6.33. The highest BCUT2D eigenvalue weighted by Gasteiger charge is 2.32. The monoisotopic (exact) mass is 324 g/mol. The molecule has 2 rings (SSSR count). The fourth-order valence-electron chi connectivity index (χ4n) is 2.99. The van der Waals surface area contributed by atoms with E-state index in [1.54, 1.807) is 16.4 Å². The Labute approximate surface area is 135 Å². The van der Waals surface area contributed by atoms with Crippen molar-refractivity contribution in [2.75, 3.05) is 18.4 Å². The second-order valence-corrected chi connectivity index (χ2v) is 7.87. The number of piperidine rings is 1. The molecular formula is C17H28N2O2S. The Hall–Kier alpha value is -1.07. The second kappa shape index (κ2) is 7.97. The number of nitrogens with zero attached hydrogens (tertiary/aromatic N) is 1. The van der Waals surface area contributed by atoms with Crippen LogP contribution in [-0.2, 0) is 10.0 Å². The zero-order valence-corrected chi connectivity index (χ0v) is 14.5. The van der Waals surface area contributed by atoms with Gasteiger partial charge in [-0.15, -0.1) is 0 Å². The average molecular weight is 324 g/mol. The first kappa shape index (κ1) is 17.3. The molecule has 0 bridgehead atoms. The summed E-state index contributed by atoms with van der Waals surface area (Å²) in [5, 5.41) is 3.32. The summed E-state index contributed by atoms with van der Waals surface area (Å²) in [7, 11) is -3.36. The molecule has 1 saturated heterocycles. The van der Waals surface area contributed by atoms with Gasteiger partial charge in [-0.2, -0.15) is 4.31 Å². The van der Waals surface area contributed by atoms with Gasteiger partial charge < -0.3 is 5.32 Å². The Morgan fingerprint density at radius 2 is 1.91 bits per heavy atom. The van der Waals surface area contributed by atoms with Crippen LogP contribution in [0.4, 0.5) is 5.69 Å². The number of unbranched alkanes of at least 4 members (excludes halogenated alkanes) is 1. The van der Waals surface area contributed by atoms with Crippen molar-refractivity contribution < 1.29 is 8.42 Å². The van der Waals surface area contributed by atoms with Crippen LogP contribution in [0.3, 0.4) is 0 Å². The molecule has 1 N–H and O–H groups in total. The summed E-state index contributed by atoms with van der Waals surface area (Å²) in [6, 6.07) is 7.35. The molecule has 0 radical (unpaired) electrons. The second-order valence-electron chi connectivity index (χ2n) is 5.98. The van der Waals surface area contributed by atoms with Gasteiger partial charge in [0.1, 0.15) is 0 Å². The number of hydrogen-bond acceptors (Lipinski definition) is 3. The van der Waals surface area contributed by atoms with Crippen molar-refractivity contribution in [1.29, 1.82) is 0 Å². The lowest BCUT2D eigenvalue weighted by atomic mass is 10.0. The normalized spacial score (nSPS) is 20.0. The van der Waals surface area contributed by atoms with Gasteiger partial charge in [-0.05, 0) is 49.9 Å². The van der Waals surface area contributed by atoms with Crippen molar-refractivity contribution in [2.24, 2.45) is 0 Å². The number of nitrogens with one attached hydrogen (secondary N) is 1. The lowest BCUT2D eigenvalue weighted by Gasteiger charge is -2.34. The van der Waals surface area contributed by atoms with Crippen LogP contribution in [-0.4, -0.2) is 31.9 Å². The molecule has 1 fully saturated rings. The smallest absolute Gasteiger partial charge is 0.243 e. The highest BCUT2D eigenvalue weighted by molar-refractivity contribution is 7.89. The molecule has 1 aliphatic rings. The van der Waals surface area contributed by atoms with E-state index in [9.17, 15) is 8.42 Å². The van der Waals surface area contributed by atoms with Crippen LogP contribution < -0.4 is 5.32 Å². The van der Waals surface area contributed by atoms with Crippen LogP contribution >= 0.6 is 0 Å². The topological polar surface area (TPSA) is 49.4 Å². The molecule has 1 atom stereocenters. The van der Waals surface area contributed by atoms with E-state index < -0.39 is 10.0 Å². The number of sulfonamides is 1. The van der Waals surface area contributed by atoms with Crippen LogP contribution in [0.25, 0.3) is 0 Å². The molecular weight excluding hydrogens is 296 g/mol. The summed E-state index contributed by atoms with van der Waals surface area (Å²) < 4.78 is 27.4. The van der Waals surface area contributed by atoms with Crippen LogP contribution in [0, 0.1) is 0 Å². The standard InChI is InChI=1S/C17H28N2O2S/c1-3-5-13-18-15-9-11-17(12-10-15)22(20,21)19-14-7-6-8-16(19)4-2/h9-12,16,18H,3-8,13-14H2,1-2H3. The Bertz CT molecular complexity index is 555. The molecule has 1 heterocycles. The summed E-state index contributed by atoms with van der Waals surface area (Å²) >= 11 is 0. The molecule has 1 aromatic rings. The van der Waals surface area contributed by atoms with Crippen molar-refractivity contribution in [3.63, 3.8) is 0 Å². The maximum absolute atomic E-state index is 12.8. The minimum Gasteiger partial charge on any atom is -0.385 e. The molecule has 4 nitrogen and oxygen atoms in total. The van der Waals surface area contributed by atoms with E-state index in [0.717, 1.165) is 50.8 Å². The fraction of sp³-hybridized carbons (Fsp3) is 0.647. The molecule has 1 unspecified atom stereocenters. The van der Waals surface area contributed by atoms with Crippen molar-refractivity contribution in [3.8, 4) is 0 Å². The van der Waals surface area contributed by atoms with E-state index in [4.69, 9.17) is 0 Å². The summed E-state index contributed by atoms with van der Waals surface area (Å²) in [6.07, 6.45) is 6.22. The largest absolute Gasteiger partial charge is 0.385 e. The maximum Gasteiger partial charge on any atom is 0.243 e. The molecule has 124 valence electrons. The van der Waals surface area contributed by atoms with Gasteiger partial charge in [0, 0.05) is 24.8 Å². The molecule has 0 aromatic heterocycles. The van der Waals surface area contributed by atoms with Crippen LogP contribution in [0.2, 0.25) is 0 Å². The quantitative estimate of drug-likeness (QED) is 0.775. The summed E-state index contributed by atoms with van der Waals surface area (Å²) in [5.74, 6) is 0. The first-order valence-corrected chi connectivity index (χ1v) is 9.89. The fourth-order valence-corrected chi connectivity index (χ4v) is 4.76. The number of rotatable bonds is 7. The molecule has 0 spiro atoms. The number of hydrogen-bond donors (Lipinski definition) is 1. The summed E-state index contributed by atoms with van der Waals surface area (Å²) in [4.78, 5) is 0.411. The molecule has 0 saturated carbocycles. The third-order valence-electron chi connectivity index (χ3n) is 4.36. The Kier molecular flexibility index (Phi) is 6.26. The molecule has 5 heteroatoms. The van der Waals surface area contributed by atoms with Crippen molar-refractivity contribution in [2.45, 2.75) is 63.3 Å². The number of anilines is 1. The molecule has 22 heavy (non-hydrogen) atoms. The molecule has 0 aliphatic carbocycles. The van der Waals surface area contributed by atoms with E-state index in [1.165, 1.54) is 0 Å². The van der Waals surface area contributed by atoms with Gasteiger partial charge in [0.05, 0.1) is 4.90 Å². The lowest BCUT2D eigenvalue weighted by molar-refractivity contribution is 0.246. The predicted octanol–water partition coefficient (Wildman–Crippen LogP) is 3.85. The first-order valence-electron chi connectivity index (χ1n) is 8.45. The summed E-state index contributed by atoms with van der Waals surface area (Å²) in [5.41, 5.74) is 0.984. The van der Waals surface area contributed by atoms with E-state index in [2.05, 4.69) is 19.2 Å². The lowest BCUT2D eigenvalue weighted by Crippen LogP contribution is -2.43. The van der Waals surface area contributed by atoms with Crippen molar-refractivity contribution >= 4 is 15.7 Å². The van der Waals surface area contributed by atoms with Crippen molar-refractivity contribution in [1.82, 2.24) is 4.31 Å². The van der Waals surface area contributed by atoms with Gasteiger partial charge in [0.25, 0.3) is 0 Å². The maximum atomic E-state index is 12.8. The zero-order chi connectivity index (χ0) is 16.0. The Balaban J connectivity index is 2.11. The average Bonchev–Trinajstić information content (AvgIpc) is 2.55. The molecule has 1 aliphatic heterocycles. The minimum atomic E-state index is -3.36. The van der Waals surface area contributed by atoms with Crippen molar-refractivity contribution in [3.05, 3.63) is 24.3 Å². The van der Waals surface area contributed by atoms with Gasteiger partial charge in [-0.25, -0.2) is 8.42 Å². The van der Waals surface area contributed by atoms with E-state index >= 15 is 0 Å². The molecule has 1 aromatic carbocycles. The predicted molar refractivity (Wildman–Crippen MR) is 91.7 cm³/mol. The highest BCUT2D eigenvalue weighted by Crippen LogP contribution is 2.27. The van der Waals surface area contributed by atoms with E-state index in [0.29, 0.717) is 11.4 Å². The van der Waals surface area contributed by atoms with Gasteiger partial charge in [0.15, 0.2) is 0 Å². The van der Waals surface area contributed by atoms with Gasteiger partial charge in [0.2, 0.25) is 10.0 Å². The Morgan fingerprint density at radius 1 is 1.18 bits per heavy atom. The summed E-state index contributed by atoms with van der Waals surface area (Å²) in [6.45, 7) is 5.79. The number of benzene rings is 1. The van der Waals surface area contributed by atoms with Crippen LogP contribution in [0.5, 0.6) is 0 Å². The Morgan fingerprint density at radius 3 is 2.55 bits per heavy atom. The van der Waals surface area contributed by atoms with Crippen LogP contribution in [0.1, 0.15) is 52.4 Å². The SMILES string of the molecule is CCCCNc1ccc(S(=O)(=O)N2CCCCC2CC)cc1. The zero-order valence-electron chi connectivity index (χ0n) is 13.7. The minimum absolute atomic E-state index is 0.154. The van der Waals surface area contributed by atoms with Gasteiger partial charge in [-0.1, -0.05) is 26.7 Å². The van der Waals surface area contributed by atoms with Crippen LogP contribution in [0.15, 0.2) is 29.2 Å². The van der Waals surface area contributed by atoms with Gasteiger partial charge in [-0.3, -0.25) is 0 Å². The first-order chi connectivity index (χ1) is 10.6. The van der Waals surface area contributed by atoms with E-state index in [1.807, 2.05) is 12.1 Å². The van der Waals surface area contributed by atoms with Gasteiger partial charge >= 0.3 is 0 Å².